The molecular weight excluding hydrogens is 270 g/mol. The van der Waals surface area contributed by atoms with E-state index in [0.717, 1.165) is 31.6 Å². The van der Waals surface area contributed by atoms with E-state index < -0.39 is 0 Å². The molecule has 20 heavy (non-hydrogen) atoms. The molecule has 0 heterocycles. The summed E-state index contributed by atoms with van der Waals surface area (Å²) in [6.45, 7) is 3.10. The van der Waals surface area contributed by atoms with Crippen molar-refractivity contribution in [2.45, 2.75) is 31.9 Å². The first kappa shape index (κ1) is 17.1. The van der Waals surface area contributed by atoms with Crippen LogP contribution in [0.25, 0.3) is 0 Å². The third kappa shape index (κ3) is 6.96. The number of aryl methyl sites for hydroxylation is 1. The lowest BCUT2D eigenvalue weighted by Crippen LogP contribution is -2.29. The maximum atomic E-state index is 11.9. The summed E-state index contributed by atoms with van der Waals surface area (Å²) in [5, 5.41) is 8.70. The van der Waals surface area contributed by atoms with E-state index in [1.165, 1.54) is 11.1 Å². The first-order valence-electron chi connectivity index (χ1n) is 7.11. The highest BCUT2D eigenvalue weighted by Crippen LogP contribution is 2.13. The second-order valence-corrected chi connectivity index (χ2v) is 6.06. The molecule has 0 fully saturated rings. The van der Waals surface area contributed by atoms with Crippen molar-refractivity contribution in [2.24, 2.45) is 0 Å². The Morgan fingerprint density at radius 2 is 1.90 bits per heavy atom. The molecule has 0 aliphatic heterocycles. The Morgan fingerprint density at radius 1 is 1.20 bits per heavy atom. The molecule has 0 bridgehead atoms. The summed E-state index contributed by atoms with van der Waals surface area (Å²) in [5.74, 6) is 1.60. The molecule has 0 atom stereocenters. The lowest BCUT2D eigenvalue weighted by atomic mass is 10.2. The van der Waals surface area contributed by atoms with Crippen molar-refractivity contribution in [2.75, 3.05) is 26.0 Å². The SMILES string of the molecule is Cc1ccc(CSCC(=O)N(C)CCCCCO)cc1. The van der Waals surface area contributed by atoms with E-state index in [4.69, 9.17) is 5.11 Å². The quantitative estimate of drug-likeness (QED) is 0.712. The number of aliphatic hydroxyl groups excluding tert-OH is 1. The van der Waals surface area contributed by atoms with E-state index >= 15 is 0 Å². The smallest absolute Gasteiger partial charge is 0.232 e. The Bertz CT molecular complexity index is 392. The molecule has 1 amide bonds. The zero-order valence-corrected chi connectivity index (χ0v) is 13.3. The summed E-state index contributed by atoms with van der Waals surface area (Å²) in [6, 6.07) is 8.44. The number of unbranched alkanes of at least 4 members (excludes halogenated alkanes) is 2. The highest BCUT2D eigenvalue weighted by molar-refractivity contribution is 7.99. The number of thioether (sulfide) groups is 1. The average Bonchev–Trinajstić information content (AvgIpc) is 2.45. The zero-order chi connectivity index (χ0) is 14.8. The fourth-order valence-electron chi connectivity index (χ4n) is 1.81. The predicted octanol–water partition coefficient (Wildman–Crippen LogP) is 2.85. The second kappa shape index (κ2) is 9.83. The lowest BCUT2D eigenvalue weighted by Gasteiger charge is -2.16. The number of carbonyl (C=O) groups is 1. The van der Waals surface area contributed by atoms with Crippen molar-refractivity contribution in [3.8, 4) is 0 Å². The van der Waals surface area contributed by atoms with E-state index in [2.05, 4.69) is 31.2 Å². The van der Waals surface area contributed by atoms with E-state index in [1.807, 2.05) is 7.05 Å². The summed E-state index contributed by atoms with van der Waals surface area (Å²) in [4.78, 5) is 13.7. The van der Waals surface area contributed by atoms with Crippen molar-refractivity contribution < 1.29 is 9.90 Å². The van der Waals surface area contributed by atoms with Crippen molar-refractivity contribution in [1.82, 2.24) is 4.90 Å². The molecule has 0 unspecified atom stereocenters. The third-order valence-corrected chi connectivity index (χ3v) is 4.18. The van der Waals surface area contributed by atoms with Crippen molar-refractivity contribution in [3.63, 3.8) is 0 Å². The molecule has 0 aromatic heterocycles. The minimum Gasteiger partial charge on any atom is -0.396 e. The number of nitrogens with zero attached hydrogens (tertiary/aromatic N) is 1. The van der Waals surface area contributed by atoms with Crippen LogP contribution < -0.4 is 0 Å². The number of hydrogen-bond donors (Lipinski definition) is 1. The summed E-state index contributed by atoms with van der Waals surface area (Å²) < 4.78 is 0. The Morgan fingerprint density at radius 3 is 2.55 bits per heavy atom. The standard InChI is InChI=1S/C16H25NO2S/c1-14-6-8-15(9-7-14)12-20-13-16(19)17(2)10-4-3-5-11-18/h6-9,18H,3-5,10-13H2,1-2H3. The minimum atomic E-state index is 0.186. The fraction of sp³-hybridized carbons (Fsp3) is 0.562. The molecular formula is C16H25NO2S. The van der Waals surface area contributed by atoms with Crippen LogP contribution in [0.15, 0.2) is 24.3 Å². The fourth-order valence-corrected chi connectivity index (χ4v) is 2.74. The van der Waals surface area contributed by atoms with Gasteiger partial charge in [-0.15, -0.1) is 11.8 Å². The molecule has 1 aromatic rings. The maximum absolute atomic E-state index is 11.9. The molecule has 0 saturated heterocycles. The van der Waals surface area contributed by atoms with Gasteiger partial charge in [0.15, 0.2) is 0 Å². The summed E-state index contributed by atoms with van der Waals surface area (Å²) >= 11 is 1.66. The van der Waals surface area contributed by atoms with Crippen LogP contribution in [0, 0.1) is 6.92 Å². The number of carbonyl (C=O) groups excluding carboxylic acids is 1. The van der Waals surface area contributed by atoms with E-state index in [-0.39, 0.29) is 12.5 Å². The lowest BCUT2D eigenvalue weighted by molar-refractivity contribution is -0.127. The van der Waals surface area contributed by atoms with Crippen molar-refractivity contribution in [1.29, 1.82) is 0 Å². The van der Waals surface area contributed by atoms with Crippen LogP contribution in [0.3, 0.4) is 0 Å². The Labute approximate surface area is 126 Å². The van der Waals surface area contributed by atoms with Gasteiger partial charge in [0.1, 0.15) is 0 Å². The van der Waals surface area contributed by atoms with Crippen molar-refractivity contribution in [3.05, 3.63) is 35.4 Å². The number of benzene rings is 1. The highest BCUT2D eigenvalue weighted by atomic mass is 32.2. The van der Waals surface area contributed by atoms with Gasteiger partial charge in [-0.05, 0) is 31.7 Å². The van der Waals surface area contributed by atoms with Crippen LogP contribution in [0.1, 0.15) is 30.4 Å². The van der Waals surface area contributed by atoms with Gasteiger partial charge in [-0.25, -0.2) is 0 Å². The normalized spacial score (nSPS) is 10.6. The van der Waals surface area contributed by atoms with Gasteiger partial charge in [0, 0.05) is 26.0 Å². The first-order chi connectivity index (χ1) is 9.63. The Hall–Kier alpha value is -1.00. The van der Waals surface area contributed by atoms with Crippen LogP contribution in [-0.2, 0) is 10.5 Å². The second-order valence-electron chi connectivity index (χ2n) is 5.08. The molecule has 4 heteroatoms. The molecule has 3 nitrogen and oxygen atoms in total. The minimum absolute atomic E-state index is 0.186. The molecule has 0 aliphatic carbocycles. The van der Waals surface area contributed by atoms with Gasteiger partial charge in [0.25, 0.3) is 0 Å². The van der Waals surface area contributed by atoms with Gasteiger partial charge in [0.05, 0.1) is 5.75 Å². The van der Waals surface area contributed by atoms with Gasteiger partial charge in [-0.1, -0.05) is 29.8 Å². The van der Waals surface area contributed by atoms with Crippen LogP contribution in [0.2, 0.25) is 0 Å². The Balaban J connectivity index is 2.17. The molecule has 112 valence electrons. The molecule has 0 aliphatic rings. The molecule has 0 radical (unpaired) electrons. The largest absolute Gasteiger partial charge is 0.396 e. The van der Waals surface area contributed by atoms with Crippen LogP contribution >= 0.6 is 11.8 Å². The number of aliphatic hydroxyl groups is 1. The van der Waals surface area contributed by atoms with Crippen molar-refractivity contribution >= 4 is 17.7 Å². The monoisotopic (exact) mass is 295 g/mol. The van der Waals surface area contributed by atoms with Gasteiger partial charge in [-0.2, -0.15) is 0 Å². The molecule has 1 aromatic carbocycles. The van der Waals surface area contributed by atoms with Crippen LogP contribution in [0.4, 0.5) is 0 Å². The van der Waals surface area contributed by atoms with Gasteiger partial charge < -0.3 is 10.0 Å². The maximum Gasteiger partial charge on any atom is 0.232 e. The van der Waals surface area contributed by atoms with E-state index in [9.17, 15) is 4.79 Å². The molecule has 0 saturated carbocycles. The molecule has 1 N–H and O–H groups in total. The number of hydrogen-bond acceptors (Lipinski definition) is 3. The predicted molar refractivity (Wildman–Crippen MR) is 85.9 cm³/mol. The first-order valence-corrected chi connectivity index (χ1v) is 8.27. The summed E-state index contributed by atoms with van der Waals surface area (Å²) in [7, 11) is 1.85. The summed E-state index contributed by atoms with van der Waals surface area (Å²) in [6.07, 6.45) is 2.76. The van der Waals surface area contributed by atoms with E-state index in [0.29, 0.717) is 5.75 Å². The van der Waals surface area contributed by atoms with Crippen LogP contribution in [0.5, 0.6) is 0 Å². The van der Waals surface area contributed by atoms with Gasteiger partial charge in [0.2, 0.25) is 5.91 Å². The summed E-state index contributed by atoms with van der Waals surface area (Å²) in [5.41, 5.74) is 2.52. The molecule has 1 rings (SSSR count). The van der Waals surface area contributed by atoms with Gasteiger partial charge in [-0.3, -0.25) is 4.79 Å². The highest BCUT2D eigenvalue weighted by Gasteiger charge is 2.08. The Kier molecular flexibility index (Phi) is 8.38. The van der Waals surface area contributed by atoms with E-state index in [1.54, 1.807) is 16.7 Å². The molecule has 0 spiro atoms. The zero-order valence-electron chi connectivity index (χ0n) is 12.5. The third-order valence-electron chi connectivity index (χ3n) is 3.19. The van der Waals surface area contributed by atoms with Gasteiger partial charge >= 0.3 is 0 Å². The number of amides is 1. The topological polar surface area (TPSA) is 40.5 Å². The number of rotatable bonds is 9. The average molecular weight is 295 g/mol. The van der Waals surface area contributed by atoms with Crippen LogP contribution in [-0.4, -0.2) is 41.9 Å².